The number of hydrogen-bond acceptors (Lipinski definition) is 11. The molecule has 1 saturated carbocycles. The van der Waals surface area contributed by atoms with Crippen molar-refractivity contribution in [3.8, 4) is 16.3 Å². The van der Waals surface area contributed by atoms with Gasteiger partial charge in [-0.1, -0.05) is 0 Å². The fourth-order valence-corrected chi connectivity index (χ4v) is 5.97. The van der Waals surface area contributed by atoms with Crippen LogP contribution in [0, 0.1) is 37.2 Å². The lowest BCUT2D eigenvalue weighted by Crippen LogP contribution is -2.36. The lowest BCUT2D eigenvalue weighted by Gasteiger charge is -2.21. The predicted molar refractivity (Wildman–Crippen MR) is 152 cm³/mol. The van der Waals surface area contributed by atoms with Gasteiger partial charge in [-0.15, -0.1) is 11.3 Å². The minimum atomic E-state index is -1.46. The van der Waals surface area contributed by atoms with Crippen molar-refractivity contribution >= 4 is 33.3 Å². The van der Waals surface area contributed by atoms with E-state index in [1.54, 1.807) is 13.3 Å². The van der Waals surface area contributed by atoms with Crippen LogP contribution in [0.3, 0.4) is 0 Å². The van der Waals surface area contributed by atoms with E-state index in [1.807, 2.05) is 26.8 Å². The van der Waals surface area contributed by atoms with Crippen molar-refractivity contribution in [3.05, 3.63) is 53.2 Å². The number of hydrogen-bond donors (Lipinski definition) is 4. The number of aliphatic hydroxyl groups excluding tert-OH is 2. The van der Waals surface area contributed by atoms with Gasteiger partial charge in [-0.2, -0.15) is 9.37 Å². The Morgan fingerprint density at radius 1 is 1.05 bits per heavy atom. The van der Waals surface area contributed by atoms with E-state index in [0.29, 0.717) is 40.6 Å². The highest BCUT2D eigenvalue weighted by molar-refractivity contribution is 7.21. The molecule has 0 amide bonds. The summed E-state index contributed by atoms with van der Waals surface area (Å²) in [6.45, 7) is 5.68. The molecule has 0 aliphatic heterocycles. The number of pyridine rings is 1. The maximum Gasteiger partial charge on any atom is 0.224 e. The Balaban J connectivity index is 1.43. The first kappa shape index (κ1) is 29.9. The summed E-state index contributed by atoms with van der Waals surface area (Å²) >= 11 is 1.44. The van der Waals surface area contributed by atoms with Gasteiger partial charge in [0.2, 0.25) is 11.8 Å². The van der Waals surface area contributed by atoms with Crippen molar-refractivity contribution in [2.45, 2.75) is 51.5 Å². The smallest absolute Gasteiger partial charge is 0.224 e. The van der Waals surface area contributed by atoms with Gasteiger partial charge in [-0.3, -0.25) is 4.98 Å². The second-order valence-electron chi connectivity index (χ2n) is 10.3. The van der Waals surface area contributed by atoms with E-state index < -0.39 is 47.4 Å². The Labute approximate surface area is 244 Å². The molecule has 0 radical (unpaired) electrons. The van der Waals surface area contributed by atoms with E-state index in [4.69, 9.17) is 14.5 Å². The zero-order valence-corrected chi connectivity index (χ0v) is 24.2. The van der Waals surface area contributed by atoms with Crippen molar-refractivity contribution in [3.63, 3.8) is 0 Å². The van der Waals surface area contributed by atoms with Crippen LogP contribution >= 0.6 is 11.3 Å². The standard InChI is InChI=1S/C28H31F3N6O4S/c1-12(40-4)10-33-28-34-13(2)20(27-36-22-14(3)32-8-7-19(22)42-27)26(37-28)35-18-9-15(23(38)24(18)39)11-41-25-17(30)6-5-16(29)21(25)31/h5-8,12,15,18,23-24,38-39H,9-11H2,1-4H3,(H2,33,34,35,37)/t12-,15-,18-,23-,24+/m1/s1. The van der Waals surface area contributed by atoms with Gasteiger partial charge in [0, 0.05) is 25.8 Å². The highest BCUT2D eigenvalue weighted by Gasteiger charge is 2.42. The molecule has 224 valence electrons. The minimum Gasteiger partial charge on any atom is -0.487 e. The molecular weight excluding hydrogens is 573 g/mol. The number of rotatable bonds is 10. The molecule has 3 aromatic heterocycles. The first-order chi connectivity index (χ1) is 20.1. The van der Waals surface area contributed by atoms with Crippen molar-refractivity contribution < 1.29 is 32.9 Å². The average molecular weight is 605 g/mol. The van der Waals surface area contributed by atoms with Gasteiger partial charge >= 0.3 is 0 Å². The third kappa shape index (κ3) is 5.98. The Morgan fingerprint density at radius 3 is 2.55 bits per heavy atom. The van der Waals surface area contributed by atoms with Gasteiger partial charge in [0.15, 0.2) is 17.4 Å². The van der Waals surface area contributed by atoms with E-state index in [0.717, 1.165) is 22.0 Å². The quantitative estimate of drug-likeness (QED) is 0.195. The fourth-order valence-electron chi connectivity index (χ4n) is 4.86. The van der Waals surface area contributed by atoms with E-state index in [-0.39, 0.29) is 19.1 Å². The van der Waals surface area contributed by atoms with Crippen LogP contribution in [-0.4, -0.2) is 74.8 Å². The molecule has 5 atom stereocenters. The number of aryl methyl sites for hydroxylation is 2. The molecule has 1 aliphatic rings. The molecule has 10 nitrogen and oxygen atoms in total. The summed E-state index contributed by atoms with van der Waals surface area (Å²) in [5.74, 6) is -4.67. The van der Waals surface area contributed by atoms with E-state index >= 15 is 0 Å². The van der Waals surface area contributed by atoms with Crippen LogP contribution in [0.4, 0.5) is 24.9 Å². The van der Waals surface area contributed by atoms with E-state index in [1.165, 1.54) is 11.3 Å². The number of nitrogens with zero attached hydrogens (tertiary/aromatic N) is 4. The van der Waals surface area contributed by atoms with Crippen molar-refractivity contribution in [1.82, 2.24) is 19.9 Å². The largest absolute Gasteiger partial charge is 0.487 e. The number of aromatic nitrogens is 4. The van der Waals surface area contributed by atoms with Gasteiger partial charge < -0.3 is 30.3 Å². The summed E-state index contributed by atoms with van der Waals surface area (Å²) in [5, 5.41) is 28.7. The Bertz CT molecular complexity index is 1590. The molecule has 5 rings (SSSR count). The Kier molecular flexibility index (Phi) is 8.78. The number of anilines is 2. The molecule has 0 unspecified atom stereocenters. The highest BCUT2D eigenvalue weighted by atomic mass is 32.1. The number of halogens is 3. The number of methoxy groups -OCH3 is 1. The maximum absolute atomic E-state index is 14.1. The number of benzene rings is 1. The van der Waals surface area contributed by atoms with Crippen LogP contribution in [0.15, 0.2) is 24.4 Å². The molecule has 0 spiro atoms. The molecule has 0 bridgehead atoms. The van der Waals surface area contributed by atoms with Crippen molar-refractivity contribution in [2.75, 3.05) is 30.9 Å². The predicted octanol–water partition coefficient (Wildman–Crippen LogP) is 4.23. The molecule has 1 aromatic carbocycles. The molecular formula is C28H31F3N6O4S. The number of ether oxygens (including phenoxy) is 2. The summed E-state index contributed by atoms with van der Waals surface area (Å²) in [6.07, 6.45) is -0.785. The summed E-state index contributed by atoms with van der Waals surface area (Å²) in [7, 11) is 1.60. The first-order valence-electron chi connectivity index (χ1n) is 13.3. The lowest BCUT2D eigenvalue weighted by atomic mass is 10.1. The van der Waals surface area contributed by atoms with Crippen molar-refractivity contribution in [1.29, 1.82) is 0 Å². The normalized spacial score (nSPS) is 21.1. The zero-order chi connectivity index (χ0) is 30.1. The maximum atomic E-state index is 14.1. The monoisotopic (exact) mass is 604 g/mol. The van der Waals surface area contributed by atoms with Crippen LogP contribution in [0.5, 0.6) is 5.75 Å². The van der Waals surface area contributed by atoms with Crippen LogP contribution in [0.1, 0.15) is 24.7 Å². The minimum absolute atomic E-state index is 0.106. The summed E-state index contributed by atoms with van der Waals surface area (Å²) in [4.78, 5) is 18.4. The molecule has 14 heteroatoms. The van der Waals surface area contributed by atoms with Gasteiger partial charge in [0.25, 0.3) is 0 Å². The Morgan fingerprint density at radius 2 is 1.81 bits per heavy atom. The molecule has 4 aromatic rings. The van der Waals surface area contributed by atoms with E-state index in [9.17, 15) is 23.4 Å². The topological polar surface area (TPSA) is 135 Å². The number of aliphatic hydroxyl groups is 2. The molecule has 0 saturated heterocycles. The zero-order valence-electron chi connectivity index (χ0n) is 23.4. The molecule has 4 N–H and O–H groups in total. The fraction of sp³-hybridized carbons (Fsp3) is 0.429. The molecule has 3 heterocycles. The number of nitrogens with one attached hydrogen (secondary N) is 2. The lowest BCUT2D eigenvalue weighted by molar-refractivity contribution is 0.00643. The number of thiazole rings is 1. The summed E-state index contributed by atoms with van der Waals surface area (Å²) < 4.78 is 53.2. The summed E-state index contributed by atoms with van der Waals surface area (Å²) in [6, 6.07) is 2.58. The third-order valence-corrected chi connectivity index (χ3v) is 8.35. The van der Waals surface area contributed by atoms with Crippen LogP contribution in [0.25, 0.3) is 20.8 Å². The van der Waals surface area contributed by atoms with Crippen LogP contribution in [-0.2, 0) is 4.74 Å². The van der Waals surface area contributed by atoms with E-state index in [2.05, 4.69) is 25.6 Å². The van der Waals surface area contributed by atoms with Gasteiger partial charge in [-0.05, 0) is 45.4 Å². The van der Waals surface area contributed by atoms with Crippen LogP contribution < -0.4 is 15.4 Å². The van der Waals surface area contributed by atoms with Gasteiger partial charge in [-0.25, -0.2) is 18.7 Å². The Hall–Kier alpha value is -3.59. The van der Waals surface area contributed by atoms with Gasteiger partial charge in [0.1, 0.15) is 22.4 Å². The third-order valence-electron chi connectivity index (χ3n) is 7.31. The van der Waals surface area contributed by atoms with Crippen molar-refractivity contribution in [2.24, 2.45) is 5.92 Å². The molecule has 1 aliphatic carbocycles. The second-order valence-corrected chi connectivity index (χ2v) is 11.3. The van der Waals surface area contributed by atoms with Gasteiger partial charge in [0.05, 0.1) is 46.5 Å². The average Bonchev–Trinajstić information content (AvgIpc) is 3.51. The molecule has 42 heavy (non-hydrogen) atoms. The van der Waals surface area contributed by atoms with Crippen LogP contribution in [0.2, 0.25) is 0 Å². The first-order valence-corrected chi connectivity index (χ1v) is 14.2. The SMILES string of the molecule is CO[C@H](C)CNc1nc(C)c(-c2nc3c(C)nccc3s2)c(N[C@@H]2C[C@H](COc3c(F)ccc(F)c3F)[C@@H](O)[C@H]2O)n1. The molecule has 1 fully saturated rings. The highest BCUT2D eigenvalue weighted by Crippen LogP contribution is 2.39. The number of fused-ring (bicyclic) bond motifs is 1. The second kappa shape index (κ2) is 12.3. The summed E-state index contributed by atoms with van der Waals surface area (Å²) in [5.41, 5.74) is 2.77.